The van der Waals surface area contributed by atoms with Gasteiger partial charge in [0.1, 0.15) is 0 Å². The van der Waals surface area contributed by atoms with Crippen molar-refractivity contribution in [3.63, 3.8) is 0 Å². The maximum absolute atomic E-state index is 12.5. The lowest BCUT2D eigenvalue weighted by atomic mass is 9.94. The van der Waals surface area contributed by atoms with Gasteiger partial charge in [-0.3, -0.25) is 4.79 Å². The molecule has 1 heteroatoms. The molecule has 0 saturated heterocycles. The van der Waals surface area contributed by atoms with E-state index in [4.69, 9.17) is 0 Å². The topological polar surface area (TPSA) is 17.1 Å². The molecule has 0 saturated carbocycles. The molecule has 0 fully saturated rings. The molecule has 0 spiro atoms. The van der Waals surface area contributed by atoms with Gasteiger partial charge in [-0.2, -0.15) is 0 Å². The number of hydrogen-bond donors (Lipinski definition) is 0. The molecule has 2 aromatic rings. The first kappa shape index (κ1) is 13.1. The van der Waals surface area contributed by atoms with E-state index in [9.17, 15) is 4.79 Å². The predicted molar refractivity (Wildman–Crippen MR) is 82.4 cm³/mol. The highest BCUT2D eigenvalue weighted by Crippen LogP contribution is 2.24. The molecule has 0 radical (unpaired) electrons. The third kappa shape index (κ3) is 2.40. The number of rotatable bonds is 3. The molecule has 0 aromatic heterocycles. The second kappa shape index (κ2) is 5.24. The molecule has 0 aliphatic heterocycles. The number of carbonyl (C=O) groups is 1. The maximum atomic E-state index is 12.5. The third-order valence-corrected chi connectivity index (χ3v) is 4.40. The number of aryl methyl sites for hydroxylation is 4. The van der Waals surface area contributed by atoms with Crippen molar-refractivity contribution in [1.29, 1.82) is 0 Å². The molecule has 1 aliphatic rings. The average Bonchev–Trinajstić information content (AvgIpc) is 2.90. The standard InChI is InChI=1S/C19H20O/c1-13-5-3-6-14(2)18(13)12-19(20)17-10-9-15-7-4-8-16(15)11-17/h3,5-6,9-11H,4,7-8,12H2,1-2H3. The fourth-order valence-electron chi connectivity index (χ4n) is 3.14. The summed E-state index contributed by atoms with van der Waals surface area (Å²) in [5.74, 6) is 0.233. The summed E-state index contributed by atoms with van der Waals surface area (Å²) in [5.41, 5.74) is 7.26. The number of hydrogen-bond acceptors (Lipinski definition) is 1. The second-order valence-corrected chi connectivity index (χ2v) is 5.81. The Morgan fingerprint density at radius 1 is 1.00 bits per heavy atom. The van der Waals surface area contributed by atoms with E-state index in [-0.39, 0.29) is 5.78 Å². The lowest BCUT2D eigenvalue weighted by Gasteiger charge is -2.10. The molecule has 1 nitrogen and oxygen atoms in total. The van der Waals surface area contributed by atoms with E-state index in [0.717, 1.165) is 12.0 Å². The molecule has 1 aliphatic carbocycles. The Bertz CT molecular complexity index is 647. The van der Waals surface area contributed by atoms with Gasteiger partial charge in [0.2, 0.25) is 0 Å². The Morgan fingerprint density at radius 3 is 2.45 bits per heavy atom. The van der Waals surface area contributed by atoms with Gasteiger partial charge in [-0.15, -0.1) is 0 Å². The monoisotopic (exact) mass is 264 g/mol. The molecule has 3 rings (SSSR count). The molecule has 102 valence electrons. The van der Waals surface area contributed by atoms with Crippen LogP contribution in [0.3, 0.4) is 0 Å². The van der Waals surface area contributed by atoms with Crippen LogP contribution >= 0.6 is 0 Å². The predicted octanol–water partition coefficient (Wildman–Crippen LogP) is 4.22. The number of carbonyl (C=O) groups excluding carboxylic acids is 1. The summed E-state index contributed by atoms with van der Waals surface area (Å²) >= 11 is 0. The summed E-state index contributed by atoms with van der Waals surface area (Å²) in [7, 11) is 0. The summed E-state index contributed by atoms with van der Waals surface area (Å²) in [5, 5.41) is 0. The molecule has 0 atom stereocenters. The minimum Gasteiger partial charge on any atom is -0.294 e. The zero-order valence-electron chi connectivity index (χ0n) is 12.2. The quantitative estimate of drug-likeness (QED) is 0.759. The van der Waals surface area contributed by atoms with Gasteiger partial charge in [-0.25, -0.2) is 0 Å². The Labute approximate surface area is 120 Å². The number of benzene rings is 2. The molecular weight excluding hydrogens is 244 g/mol. The Morgan fingerprint density at radius 2 is 1.70 bits per heavy atom. The van der Waals surface area contributed by atoms with Gasteiger partial charge >= 0.3 is 0 Å². The second-order valence-electron chi connectivity index (χ2n) is 5.81. The first-order chi connectivity index (χ1) is 9.65. The summed E-state index contributed by atoms with van der Waals surface area (Å²) in [6.45, 7) is 4.16. The summed E-state index contributed by atoms with van der Waals surface area (Å²) < 4.78 is 0. The maximum Gasteiger partial charge on any atom is 0.167 e. The summed E-state index contributed by atoms with van der Waals surface area (Å²) in [6.07, 6.45) is 4.03. The average molecular weight is 264 g/mol. The molecular formula is C19H20O. The van der Waals surface area contributed by atoms with Crippen molar-refractivity contribution in [2.24, 2.45) is 0 Å². The van der Waals surface area contributed by atoms with Gasteiger partial charge in [0, 0.05) is 12.0 Å². The zero-order chi connectivity index (χ0) is 14.1. The van der Waals surface area contributed by atoms with Crippen LogP contribution in [-0.4, -0.2) is 5.78 Å². The van der Waals surface area contributed by atoms with Crippen LogP contribution in [0.5, 0.6) is 0 Å². The van der Waals surface area contributed by atoms with E-state index >= 15 is 0 Å². The highest BCUT2D eigenvalue weighted by molar-refractivity contribution is 5.98. The van der Waals surface area contributed by atoms with E-state index in [1.165, 1.54) is 40.7 Å². The van der Waals surface area contributed by atoms with Crippen molar-refractivity contribution in [2.45, 2.75) is 39.5 Å². The van der Waals surface area contributed by atoms with Crippen molar-refractivity contribution in [3.8, 4) is 0 Å². The Kier molecular flexibility index (Phi) is 3.43. The van der Waals surface area contributed by atoms with Crippen LogP contribution in [0.25, 0.3) is 0 Å². The largest absolute Gasteiger partial charge is 0.294 e. The molecule has 20 heavy (non-hydrogen) atoms. The highest BCUT2D eigenvalue weighted by Gasteiger charge is 2.15. The van der Waals surface area contributed by atoms with Gasteiger partial charge in [-0.1, -0.05) is 30.3 Å². The van der Waals surface area contributed by atoms with Crippen molar-refractivity contribution in [1.82, 2.24) is 0 Å². The summed E-state index contributed by atoms with van der Waals surface area (Å²) in [4.78, 5) is 12.5. The lowest BCUT2D eigenvalue weighted by Crippen LogP contribution is -2.07. The van der Waals surface area contributed by atoms with Crippen LogP contribution in [0, 0.1) is 13.8 Å². The first-order valence-electron chi connectivity index (χ1n) is 7.35. The fourth-order valence-corrected chi connectivity index (χ4v) is 3.14. The SMILES string of the molecule is Cc1cccc(C)c1CC(=O)c1ccc2c(c1)CCC2. The third-order valence-electron chi connectivity index (χ3n) is 4.40. The fraction of sp³-hybridized carbons (Fsp3) is 0.316. The minimum atomic E-state index is 0.233. The Hall–Kier alpha value is -1.89. The highest BCUT2D eigenvalue weighted by atomic mass is 16.1. The van der Waals surface area contributed by atoms with Crippen LogP contribution < -0.4 is 0 Å². The van der Waals surface area contributed by atoms with E-state index in [2.05, 4.69) is 38.1 Å². The van der Waals surface area contributed by atoms with Crippen LogP contribution in [0.15, 0.2) is 36.4 Å². The lowest BCUT2D eigenvalue weighted by molar-refractivity contribution is 0.0992. The number of Topliss-reactive ketones (excluding diaryl/α,β-unsaturated/α-hetero) is 1. The van der Waals surface area contributed by atoms with Crippen molar-refractivity contribution >= 4 is 5.78 Å². The van der Waals surface area contributed by atoms with Gasteiger partial charge in [0.15, 0.2) is 5.78 Å². The summed E-state index contributed by atoms with van der Waals surface area (Å²) in [6, 6.07) is 12.5. The van der Waals surface area contributed by atoms with Gasteiger partial charge in [-0.05, 0) is 67.0 Å². The van der Waals surface area contributed by atoms with E-state index < -0.39 is 0 Å². The minimum absolute atomic E-state index is 0.233. The zero-order valence-corrected chi connectivity index (χ0v) is 12.2. The van der Waals surface area contributed by atoms with Crippen LogP contribution in [0.4, 0.5) is 0 Å². The first-order valence-corrected chi connectivity index (χ1v) is 7.35. The van der Waals surface area contributed by atoms with Crippen LogP contribution in [-0.2, 0) is 19.3 Å². The molecule has 0 heterocycles. The van der Waals surface area contributed by atoms with Crippen LogP contribution in [0.1, 0.15) is 44.6 Å². The smallest absolute Gasteiger partial charge is 0.167 e. The van der Waals surface area contributed by atoms with Gasteiger partial charge in [0.25, 0.3) is 0 Å². The Balaban J connectivity index is 1.86. The van der Waals surface area contributed by atoms with Crippen molar-refractivity contribution < 1.29 is 4.79 Å². The normalized spacial score (nSPS) is 13.3. The molecule has 0 bridgehead atoms. The van der Waals surface area contributed by atoms with E-state index in [0.29, 0.717) is 6.42 Å². The van der Waals surface area contributed by atoms with Gasteiger partial charge < -0.3 is 0 Å². The molecule has 0 N–H and O–H groups in total. The van der Waals surface area contributed by atoms with Crippen molar-refractivity contribution in [2.75, 3.05) is 0 Å². The molecule has 0 unspecified atom stereocenters. The van der Waals surface area contributed by atoms with Crippen molar-refractivity contribution in [3.05, 3.63) is 69.8 Å². The molecule has 0 amide bonds. The van der Waals surface area contributed by atoms with Gasteiger partial charge in [0.05, 0.1) is 0 Å². The van der Waals surface area contributed by atoms with Crippen LogP contribution in [0.2, 0.25) is 0 Å². The number of ketones is 1. The number of fused-ring (bicyclic) bond motifs is 1. The van der Waals surface area contributed by atoms with E-state index in [1.54, 1.807) is 0 Å². The van der Waals surface area contributed by atoms with E-state index in [1.807, 2.05) is 12.1 Å². The molecule has 2 aromatic carbocycles.